The van der Waals surface area contributed by atoms with Gasteiger partial charge in [0.2, 0.25) is 5.91 Å². The van der Waals surface area contributed by atoms with Gasteiger partial charge in [0.05, 0.1) is 31.1 Å². The molecule has 11 heteroatoms. The van der Waals surface area contributed by atoms with Crippen molar-refractivity contribution in [2.24, 2.45) is 5.73 Å². The van der Waals surface area contributed by atoms with E-state index in [1.54, 1.807) is 50.6 Å². The van der Waals surface area contributed by atoms with Crippen molar-refractivity contribution in [3.8, 4) is 0 Å². The first-order valence-electron chi connectivity index (χ1n) is 11.6. The number of nitrogens with zero attached hydrogens (tertiary/aromatic N) is 4. The summed E-state index contributed by atoms with van der Waals surface area (Å²) in [5.41, 5.74) is 7.09. The molecule has 2 aromatic heterocycles. The molecule has 0 spiro atoms. The van der Waals surface area contributed by atoms with Gasteiger partial charge in [0.1, 0.15) is 12.6 Å². The number of fused-ring (bicyclic) bond motifs is 1. The van der Waals surface area contributed by atoms with Crippen molar-refractivity contribution in [1.29, 1.82) is 0 Å². The number of hydrogen-bond donors (Lipinski definition) is 2. The zero-order valence-electron chi connectivity index (χ0n) is 21.1. The van der Waals surface area contributed by atoms with Gasteiger partial charge < -0.3 is 30.2 Å². The number of benzene rings is 1. The summed E-state index contributed by atoms with van der Waals surface area (Å²) >= 11 is 0. The average Bonchev–Trinajstić information content (AvgIpc) is 3.30. The Balaban J connectivity index is 0.00000481. The van der Waals surface area contributed by atoms with Crippen LogP contribution in [0.2, 0.25) is 0 Å². The fourth-order valence-corrected chi connectivity index (χ4v) is 3.33. The first kappa shape index (κ1) is 29.7. The van der Waals surface area contributed by atoms with E-state index in [9.17, 15) is 9.59 Å². The Morgan fingerprint density at radius 1 is 1.11 bits per heavy atom. The predicted octanol–water partition coefficient (Wildman–Crippen LogP) is 2.69. The Morgan fingerprint density at radius 3 is 2.51 bits per heavy atom. The summed E-state index contributed by atoms with van der Waals surface area (Å²) in [6.07, 6.45) is -0.486. The van der Waals surface area contributed by atoms with Crippen LogP contribution in [0, 0.1) is 0 Å². The van der Waals surface area contributed by atoms with Gasteiger partial charge in [0.15, 0.2) is 11.5 Å². The lowest BCUT2D eigenvalue weighted by molar-refractivity contribution is -0.126. The van der Waals surface area contributed by atoms with Crippen LogP contribution in [0.15, 0.2) is 48.5 Å². The third kappa shape index (κ3) is 8.24. The van der Waals surface area contributed by atoms with Gasteiger partial charge in [0.25, 0.3) is 0 Å². The lowest BCUT2D eigenvalue weighted by Crippen LogP contribution is -2.51. The van der Waals surface area contributed by atoms with Gasteiger partial charge in [0, 0.05) is 20.7 Å². The number of ether oxygens (including phenoxy) is 3. The topological polar surface area (TPSA) is 133 Å². The predicted molar refractivity (Wildman–Crippen MR) is 140 cm³/mol. The Kier molecular flexibility index (Phi) is 11.0. The minimum atomic E-state index is -1.11. The maximum absolute atomic E-state index is 12.8. The molecule has 11 nitrogen and oxygen atoms in total. The second kappa shape index (κ2) is 13.7. The van der Waals surface area contributed by atoms with Crippen molar-refractivity contribution in [2.75, 3.05) is 33.9 Å². The number of carbonyl (C=O) groups excluding carboxylic acids is 2. The number of carbonyl (C=O) groups is 2. The Hall–Kier alpha value is -3.54. The maximum atomic E-state index is 12.8. The van der Waals surface area contributed by atoms with Gasteiger partial charge >= 0.3 is 6.09 Å². The van der Waals surface area contributed by atoms with Crippen LogP contribution in [-0.4, -0.2) is 71.0 Å². The molecule has 2 heterocycles. The minimum Gasteiger partial charge on any atom is -0.443 e. The van der Waals surface area contributed by atoms with E-state index >= 15 is 0 Å². The monoisotopic (exact) mass is 514 g/mol. The summed E-state index contributed by atoms with van der Waals surface area (Å²) in [6.45, 7) is 4.51. The van der Waals surface area contributed by atoms with Crippen LogP contribution in [0.5, 0.6) is 0 Å². The van der Waals surface area contributed by atoms with E-state index in [-0.39, 0.29) is 26.5 Å². The minimum absolute atomic E-state index is 0. The van der Waals surface area contributed by atoms with Gasteiger partial charge in [-0.1, -0.05) is 43.8 Å². The van der Waals surface area contributed by atoms with E-state index in [4.69, 9.17) is 19.9 Å². The van der Waals surface area contributed by atoms with Crippen molar-refractivity contribution in [3.63, 3.8) is 0 Å². The van der Waals surface area contributed by atoms with Crippen LogP contribution < -0.4 is 11.1 Å². The van der Waals surface area contributed by atoms with Crippen molar-refractivity contribution in [2.45, 2.75) is 46.1 Å². The lowest BCUT2D eigenvalue weighted by atomic mass is 10.1. The first-order chi connectivity index (χ1) is 17.2. The smallest absolute Gasteiger partial charge is 0.409 e. The second-order valence-electron chi connectivity index (χ2n) is 8.99. The summed E-state index contributed by atoms with van der Waals surface area (Å²) in [6, 6.07) is 14.4. The zero-order valence-corrected chi connectivity index (χ0v) is 21.1. The maximum Gasteiger partial charge on any atom is 0.409 e. The molecule has 0 aliphatic heterocycles. The summed E-state index contributed by atoms with van der Waals surface area (Å²) in [5.74, 6) is 0.0753. The van der Waals surface area contributed by atoms with E-state index in [1.165, 1.54) is 4.90 Å². The molecule has 3 rings (SSSR count). The summed E-state index contributed by atoms with van der Waals surface area (Å²) in [5, 5.41) is 11.5. The fourth-order valence-electron chi connectivity index (χ4n) is 3.33. The molecule has 202 valence electrons. The fraction of sp³-hybridized carbons (Fsp3) is 0.462. The third-order valence-corrected chi connectivity index (χ3v) is 5.42. The quantitative estimate of drug-likeness (QED) is 0.377. The molecule has 2 amide bonds. The van der Waals surface area contributed by atoms with E-state index in [1.807, 2.05) is 30.3 Å². The van der Waals surface area contributed by atoms with Crippen molar-refractivity contribution >= 4 is 17.6 Å². The molecular weight excluding hydrogens is 476 g/mol. The summed E-state index contributed by atoms with van der Waals surface area (Å²) < 4.78 is 18.2. The van der Waals surface area contributed by atoms with Crippen molar-refractivity contribution in [3.05, 3.63) is 65.6 Å². The van der Waals surface area contributed by atoms with Gasteiger partial charge in [-0.2, -0.15) is 0 Å². The van der Waals surface area contributed by atoms with E-state index in [0.29, 0.717) is 36.9 Å². The number of likely N-dealkylation sites (N-methyl/N-ethyl adjacent to an activating group) is 1. The van der Waals surface area contributed by atoms with Crippen LogP contribution in [0.25, 0.3) is 5.65 Å². The van der Waals surface area contributed by atoms with Crippen molar-refractivity contribution < 1.29 is 23.8 Å². The van der Waals surface area contributed by atoms with Crippen LogP contribution >= 0.6 is 0 Å². The van der Waals surface area contributed by atoms with Crippen molar-refractivity contribution in [1.82, 2.24) is 24.8 Å². The van der Waals surface area contributed by atoms with Crippen LogP contribution in [0.1, 0.15) is 44.4 Å². The number of methoxy groups -OCH3 is 1. The van der Waals surface area contributed by atoms with Gasteiger partial charge in [-0.15, -0.1) is 10.2 Å². The molecule has 0 radical (unpaired) electrons. The Morgan fingerprint density at radius 2 is 1.84 bits per heavy atom. The van der Waals surface area contributed by atoms with Gasteiger partial charge in [-0.05, 0) is 31.5 Å². The molecule has 3 N–H and O–H groups in total. The highest BCUT2D eigenvalue weighted by molar-refractivity contribution is 5.85. The molecule has 0 aliphatic rings. The number of nitrogens with two attached hydrogens (primary N) is 1. The Bertz CT molecular complexity index is 1150. The first-order valence-corrected chi connectivity index (χ1v) is 11.6. The number of aromatic nitrogens is 3. The third-order valence-electron chi connectivity index (χ3n) is 5.42. The summed E-state index contributed by atoms with van der Waals surface area (Å²) in [4.78, 5) is 26.6. The molecule has 0 saturated heterocycles. The zero-order chi connectivity index (χ0) is 26.1. The number of hydrogen-bond acceptors (Lipinski definition) is 8. The summed E-state index contributed by atoms with van der Waals surface area (Å²) in [7, 11) is 3.20. The molecule has 0 unspecified atom stereocenters. The molecule has 0 saturated carbocycles. The molecule has 0 aliphatic carbocycles. The van der Waals surface area contributed by atoms with Crippen LogP contribution in [0.3, 0.4) is 0 Å². The standard InChI is InChI=1S/C25H34N6O5.CH4/c1-25(2,26)23(32)27-20(17-35-15-18-9-6-5-7-10-18)22-29-28-21-12-8-11-19(31(21)22)16-36-24(33)30(3)13-14-34-4;/h5-12,20H,13-17,26H2,1-4H3,(H,27,32);1H4/t20-;/m1./s1. The molecule has 1 aromatic carbocycles. The van der Waals surface area contributed by atoms with Gasteiger partial charge in [-0.25, -0.2) is 4.79 Å². The molecule has 0 fully saturated rings. The average molecular weight is 515 g/mol. The lowest BCUT2D eigenvalue weighted by Gasteiger charge is -2.24. The molecule has 37 heavy (non-hydrogen) atoms. The van der Waals surface area contributed by atoms with Gasteiger partial charge in [-0.3, -0.25) is 9.20 Å². The number of amides is 2. The molecule has 1 atom stereocenters. The Labute approximate surface area is 217 Å². The number of nitrogens with one attached hydrogen (secondary N) is 1. The SMILES string of the molecule is C.COCCN(C)C(=O)OCc1cccc2nnc([C@@H](COCc3ccccc3)NC(=O)C(C)(C)N)n12. The van der Waals surface area contributed by atoms with E-state index < -0.39 is 17.7 Å². The highest BCUT2D eigenvalue weighted by atomic mass is 16.6. The molecular formula is C26H38N6O5. The highest BCUT2D eigenvalue weighted by Crippen LogP contribution is 2.18. The highest BCUT2D eigenvalue weighted by Gasteiger charge is 2.28. The van der Waals surface area contributed by atoms with Crippen LogP contribution in [-0.2, 0) is 32.2 Å². The van der Waals surface area contributed by atoms with E-state index in [0.717, 1.165) is 5.56 Å². The second-order valence-corrected chi connectivity index (χ2v) is 8.99. The van der Waals surface area contributed by atoms with Crippen LogP contribution in [0.4, 0.5) is 4.79 Å². The molecule has 3 aromatic rings. The van der Waals surface area contributed by atoms with E-state index in [2.05, 4.69) is 15.5 Å². The normalized spacial score (nSPS) is 12.0. The number of pyridine rings is 1. The largest absolute Gasteiger partial charge is 0.443 e. The number of rotatable bonds is 12. The molecule has 0 bridgehead atoms.